The molecular weight excluding hydrogens is 180 g/mol. The summed E-state index contributed by atoms with van der Waals surface area (Å²) in [5, 5.41) is 9.00. The Hall–Kier alpha value is -0.120. The predicted molar refractivity (Wildman–Crippen MR) is 57.4 cm³/mol. The van der Waals surface area contributed by atoms with Crippen molar-refractivity contribution in [2.45, 2.75) is 58.8 Å². The zero-order valence-electron chi connectivity index (χ0n) is 9.82. The fourth-order valence-electron chi connectivity index (χ4n) is 1.14. The Morgan fingerprint density at radius 3 is 2.07 bits per heavy atom. The highest BCUT2D eigenvalue weighted by atomic mass is 16.5. The van der Waals surface area contributed by atoms with Crippen LogP contribution in [0, 0.1) is 0 Å². The summed E-state index contributed by atoms with van der Waals surface area (Å²) < 4.78 is 10.9. The summed E-state index contributed by atoms with van der Waals surface area (Å²) in [5.41, 5.74) is 0. The number of aliphatic hydroxyl groups excluding tert-OH is 1. The molecule has 1 N–H and O–H groups in total. The maximum absolute atomic E-state index is 9.00. The van der Waals surface area contributed by atoms with Gasteiger partial charge in [0, 0.05) is 0 Å². The van der Waals surface area contributed by atoms with Crippen LogP contribution in [0.1, 0.15) is 40.5 Å². The predicted octanol–water partition coefficient (Wildman–Crippen LogP) is 1.98. The molecule has 0 bridgehead atoms. The van der Waals surface area contributed by atoms with Crippen molar-refractivity contribution in [2.75, 3.05) is 13.2 Å². The Morgan fingerprint density at radius 2 is 1.57 bits per heavy atom. The number of ether oxygens (including phenoxy) is 2. The average Bonchev–Trinajstić information content (AvgIpc) is 2.12. The van der Waals surface area contributed by atoms with E-state index in [1.165, 1.54) is 0 Å². The van der Waals surface area contributed by atoms with Crippen molar-refractivity contribution in [3.8, 4) is 0 Å². The SMILES string of the molecule is CCCC(C)OCC(C)OCC(C)O. The van der Waals surface area contributed by atoms with Crippen molar-refractivity contribution in [1.29, 1.82) is 0 Å². The summed E-state index contributed by atoms with van der Waals surface area (Å²) in [6, 6.07) is 0. The van der Waals surface area contributed by atoms with E-state index >= 15 is 0 Å². The van der Waals surface area contributed by atoms with Gasteiger partial charge in [-0.25, -0.2) is 0 Å². The van der Waals surface area contributed by atoms with Crippen LogP contribution < -0.4 is 0 Å². The van der Waals surface area contributed by atoms with Crippen molar-refractivity contribution >= 4 is 0 Å². The van der Waals surface area contributed by atoms with E-state index in [9.17, 15) is 0 Å². The van der Waals surface area contributed by atoms with Crippen molar-refractivity contribution in [2.24, 2.45) is 0 Å². The van der Waals surface area contributed by atoms with Gasteiger partial charge in [-0.3, -0.25) is 0 Å². The van der Waals surface area contributed by atoms with Crippen molar-refractivity contribution in [1.82, 2.24) is 0 Å². The molecule has 0 aromatic rings. The normalized spacial score (nSPS) is 17.8. The van der Waals surface area contributed by atoms with Crippen molar-refractivity contribution < 1.29 is 14.6 Å². The zero-order valence-corrected chi connectivity index (χ0v) is 9.82. The molecule has 86 valence electrons. The van der Waals surface area contributed by atoms with Crippen LogP contribution in [-0.4, -0.2) is 36.6 Å². The molecule has 3 unspecified atom stereocenters. The van der Waals surface area contributed by atoms with E-state index in [2.05, 4.69) is 13.8 Å². The maximum Gasteiger partial charge on any atom is 0.0781 e. The highest BCUT2D eigenvalue weighted by Crippen LogP contribution is 2.03. The van der Waals surface area contributed by atoms with E-state index in [-0.39, 0.29) is 6.10 Å². The fraction of sp³-hybridized carbons (Fsp3) is 1.00. The highest BCUT2D eigenvalue weighted by molar-refractivity contribution is 4.54. The van der Waals surface area contributed by atoms with Gasteiger partial charge in [0.2, 0.25) is 0 Å². The molecule has 0 spiro atoms. The molecule has 0 radical (unpaired) electrons. The van der Waals surface area contributed by atoms with Crippen LogP contribution in [0.25, 0.3) is 0 Å². The molecular formula is C11H24O3. The highest BCUT2D eigenvalue weighted by Gasteiger charge is 2.07. The molecule has 3 atom stereocenters. The fourth-order valence-corrected chi connectivity index (χ4v) is 1.14. The molecule has 0 saturated heterocycles. The molecule has 0 aromatic carbocycles. The van der Waals surface area contributed by atoms with Gasteiger partial charge < -0.3 is 14.6 Å². The second-order valence-electron chi connectivity index (χ2n) is 3.93. The van der Waals surface area contributed by atoms with Crippen LogP contribution in [0.15, 0.2) is 0 Å². The Bertz CT molecular complexity index is 126. The summed E-state index contributed by atoms with van der Waals surface area (Å²) in [6.07, 6.45) is 2.19. The molecule has 0 rings (SSSR count). The molecule has 0 fully saturated rings. The maximum atomic E-state index is 9.00. The Morgan fingerprint density at radius 1 is 1.00 bits per heavy atom. The molecule has 0 aliphatic rings. The quantitative estimate of drug-likeness (QED) is 0.657. The first-order chi connectivity index (χ1) is 6.56. The molecule has 14 heavy (non-hydrogen) atoms. The third kappa shape index (κ3) is 8.48. The first-order valence-electron chi connectivity index (χ1n) is 5.47. The van der Waals surface area contributed by atoms with Crippen LogP contribution in [0.2, 0.25) is 0 Å². The van der Waals surface area contributed by atoms with Crippen LogP contribution in [-0.2, 0) is 9.47 Å². The first-order valence-corrected chi connectivity index (χ1v) is 5.47. The molecule has 3 heteroatoms. The van der Waals surface area contributed by atoms with Gasteiger partial charge in [0.25, 0.3) is 0 Å². The minimum Gasteiger partial charge on any atom is -0.391 e. The molecule has 0 aliphatic carbocycles. The summed E-state index contributed by atoms with van der Waals surface area (Å²) >= 11 is 0. The number of hydrogen-bond donors (Lipinski definition) is 1. The van der Waals surface area contributed by atoms with Gasteiger partial charge in [-0.2, -0.15) is 0 Å². The van der Waals surface area contributed by atoms with Gasteiger partial charge in [0.05, 0.1) is 31.5 Å². The van der Waals surface area contributed by atoms with E-state index in [0.29, 0.717) is 19.3 Å². The lowest BCUT2D eigenvalue weighted by Gasteiger charge is -2.17. The molecule has 0 aliphatic heterocycles. The number of hydrogen-bond acceptors (Lipinski definition) is 3. The smallest absolute Gasteiger partial charge is 0.0781 e. The molecule has 0 aromatic heterocycles. The van der Waals surface area contributed by atoms with Crippen molar-refractivity contribution in [3.63, 3.8) is 0 Å². The summed E-state index contributed by atoms with van der Waals surface area (Å²) in [6.45, 7) is 8.88. The van der Waals surface area contributed by atoms with Crippen LogP contribution in [0.3, 0.4) is 0 Å². The summed E-state index contributed by atoms with van der Waals surface area (Å²) in [5.74, 6) is 0. The van der Waals surface area contributed by atoms with E-state index in [4.69, 9.17) is 14.6 Å². The minimum atomic E-state index is -0.398. The molecule has 0 amide bonds. The number of aliphatic hydroxyl groups is 1. The molecule has 0 heterocycles. The molecule has 3 nitrogen and oxygen atoms in total. The van der Waals surface area contributed by atoms with Gasteiger partial charge in [-0.1, -0.05) is 13.3 Å². The van der Waals surface area contributed by atoms with E-state index in [0.717, 1.165) is 12.8 Å². The van der Waals surface area contributed by atoms with Gasteiger partial charge in [-0.15, -0.1) is 0 Å². The monoisotopic (exact) mass is 204 g/mol. The second kappa shape index (κ2) is 8.21. The average molecular weight is 204 g/mol. The largest absolute Gasteiger partial charge is 0.391 e. The topological polar surface area (TPSA) is 38.7 Å². The third-order valence-electron chi connectivity index (χ3n) is 1.93. The van der Waals surface area contributed by atoms with Gasteiger partial charge >= 0.3 is 0 Å². The third-order valence-corrected chi connectivity index (χ3v) is 1.93. The van der Waals surface area contributed by atoms with Gasteiger partial charge in [0.1, 0.15) is 0 Å². The Kier molecular flexibility index (Phi) is 8.14. The van der Waals surface area contributed by atoms with E-state index < -0.39 is 6.10 Å². The number of rotatable bonds is 8. The van der Waals surface area contributed by atoms with Gasteiger partial charge in [0.15, 0.2) is 0 Å². The van der Waals surface area contributed by atoms with Crippen LogP contribution in [0.4, 0.5) is 0 Å². The Labute approximate surface area is 87.4 Å². The summed E-state index contributed by atoms with van der Waals surface area (Å²) in [7, 11) is 0. The zero-order chi connectivity index (χ0) is 11.0. The van der Waals surface area contributed by atoms with Crippen LogP contribution >= 0.6 is 0 Å². The minimum absolute atomic E-state index is 0.0592. The summed E-state index contributed by atoms with van der Waals surface area (Å²) in [4.78, 5) is 0. The first kappa shape index (κ1) is 13.9. The lowest BCUT2D eigenvalue weighted by molar-refractivity contribution is -0.0540. The standard InChI is InChI=1S/C11H24O3/c1-5-6-10(3)14-8-11(4)13-7-9(2)12/h9-12H,5-8H2,1-4H3. The van der Waals surface area contributed by atoms with E-state index in [1.54, 1.807) is 6.92 Å². The van der Waals surface area contributed by atoms with Crippen molar-refractivity contribution in [3.05, 3.63) is 0 Å². The second-order valence-corrected chi connectivity index (χ2v) is 3.93. The lowest BCUT2D eigenvalue weighted by Crippen LogP contribution is -2.23. The van der Waals surface area contributed by atoms with Crippen LogP contribution in [0.5, 0.6) is 0 Å². The van der Waals surface area contributed by atoms with Gasteiger partial charge in [-0.05, 0) is 27.2 Å². The van der Waals surface area contributed by atoms with E-state index in [1.807, 2.05) is 6.92 Å². The lowest BCUT2D eigenvalue weighted by atomic mass is 10.2. The Balaban J connectivity index is 3.38. The molecule has 0 saturated carbocycles.